The van der Waals surface area contributed by atoms with Crippen molar-refractivity contribution in [2.45, 2.75) is 65.0 Å². The molecule has 144 valence electrons. The molecule has 1 aromatic heterocycles. The first kappa shape index (κ1) is 22.2. The molecular formula is C17H31Cl2N5O. The van der Waals surface area contributed by atoms with Crippen molar-refractivity contribution in [1.29, 1.82) is 0 Å². The van der Waals surface area contributed by atoms with Crippen molar-refractivity contribution < 1.29 is 4.79 Å². The van der Waals surface area contributed by atoms with Crippen molar-refractivity contribution in [2.75, 3.05) is 13.1 Å². The van der Waals surface area contributed by atoms with E-state index in [4.69, 9.17) is 0 Å². The van der Waals surface area contributed by atoms with Crippen LogP contribution in [0.2, 0.25) is 0 Å². The van der Waals surface area contributed by atoms with E-state index in [0.717, 1.165) is 50.5 Å². The molecule has 2 N–H and O–H groups in total. The van der Waals surface area contributed by atoms with Crippen molar-refractivity contribution in [2.24, 2.45) is 11.8 Å². The first-order valence-electron chi connectivity index (χ1n) is 9.11. The summed E-state index contributed by atoms with van der Waals surface area (Å²) in [7, 11) is 0. The fourth-order valence-electron chi connectivity index (χ4n) is 3.76. The number of aromatic nitrogens is 3. The van der Waals surface area contributed by atoms with Crippen LogP contribution < -0.4 is 10.6 Å². The summed E-state index contributed by atoms with van der Waals surface area (Å²) in [4.78, 5) is 17.1. The van der Waals surface area contributed by atoms with Crippen molar-refractivity contribution in [3.05, 3.63) is 11.6 Å². The van der Waals surface area contributed by atoms with Crippen molar-refractivity contribution in [1.82, 2.24) is 25.4 Å². The lowest BCUT2D eigenvalue weighted by atomic mass is 9.85. The monoisotopic (exact) mass is 391 g/mol. The second kappa shape index (κ2) is 10.3. The largest absolute Gasteiger partial charge is 0.346 e. The van der Waals surface area contributed by atoms with Gasteiger partial charge in [0, 0.05) is 19.4 Å². The molecule has 0 spiro atoms. The maximum atomic E-state index is 12.5. The molecule has 3 unspecified atom stereocenters. The van der Waals surface area contributed by atoms with Gasteiger partial charge >= 0.3 is 0 Å². The van der Waals surface area contributed by atoms with Crippen LogP contribution in [-0.2, 0) is 17.8 Å². The summed E-state index contributed by atoms with van der Waals surface area (Å²) in [5.74, 6) is 3.02. The van der Waals surface area contributed by atoms with Crippen LogP contribution in [0.15, 0.2) is 0 Å². The van der Waals surface area contributed by atoms with Gasteiger partial charge in [-0.3, -0.25) is 4.79 Å². The molecule has 25 heavy (non-hydrogen) atoms. The van der Waals surface area contributed by atoms with E-state index in [1.165, 1.54) is 12.8 Å². The number of hydrogen-bond donors (Lipinski definition) is 2. The average Bonchev–Trinajstić information content (AvgIpc) is 3.00. The van der Waals surface area contributed by atoms with E-state index in [0.29, 0.717) is 18.3 Å². The molecule has 0 radical (unpaired) electrons. The lowest BCUT2D eigenvalue weighted by molar-refractivity contribution is -0.123. The molecule has 1 saturated heterocycles. The quantitative estimate of drug-likeness (QED) is 0.808. The van der Waals surface area contributed by atoms with E-state index in [-0.39, 0.29) is 36.8 Å². The van der Waals surface area contributed by atoms with Crippen LogP contribution in [0.3, 0.4) is 0 Å². The number of hydrogen-bond acceptors (Lipinski definition) is 4. The van der Waals surface area contributed by atoms with Crippen molar-refractivity contribution >= 4 is 30.7 Å². The number of nitrogens with zero attached hydrogens (tertiary/aromatic N) is 3. The van der Waals surface area contributed by atoms with Gasteiger partial charge < -0.3 is 10.6 Å². The van der Waals surface area contributed by atoms with Crippen LogP contribution >= 0.6 is 24.8 Å². The highest BCUT2D eigenvalue weighted by atomic mass is 35.5. The Kier molecular flexibility index (Phi) is 9.17. The Morgan fingerprint density at radius 2 is 2.16 bits per heavy atom. The zero-order valence-electron chi connectivity index (χ0n) is 15.2. The Labute approximate surface area is 162 Å². The summed E-state index contributed by atoms with van der Waals surface area (Å²) in [6, 6.07) is 0.0285. The van der Waals surface area contributed by atoms with E-state index >= 15 is 0 Å². The molecule has 8 heteroatoms. The zero-order valence-corrected chi connectivity index (χ0v) is 16.8. The van der Waals surface area contributed by atoms with Crippen LogP contribution in [0.25, 0.3) is 0 Å². The number of aryl methyl sites for hydroxylation is 2. The molecule has 0 saturated carbocycles. The maximum absolute atomic E-state index is 12.5. The molecule has 0 bridgehead atoms. The van der Waals surface area contributed by atoms with Crippen LogP contribution in [0.5, 0.6) is 0 Å². The topological polar surface area (TPSA) is 71.8 Å². The Hall–Kier alpha value is -0.850. The summed E-state index contributed by atoms with van der Waals surface area (Å²) >= 11 is 0. The van der Waals surface area contributed by atoms with Crippen LogP contribution in [0, 0.1) is 11.8 Å². The molecule has 1 fully saturated rings. The minimum atomic E-state index is 0. The van der Waals surface area contributed by atoms with E-state index in [1.807, 2.05) is 4.68 Å². The molecular weight excluding hydrogens is 361 g/mol. The van der Waals surface area contributed by atoms with E-state index < -0.39 is 0 Å². The number of carbonyl (C=O) groups is 1. The third-order valence-corrected chi connectivity index (χ3v) is 5.22. The Balaban J connectivity index is 0.00000156. The maximum Gasteiger partial charge on any atom is 0.220 e. The second-order valence-electron chi connectivity index (χ2n) is 7.01. The highest BCUT2D eigenvalue weighted by Gasteiger charge is 2.27. The van der Waals surface area contributed by atoms with Gasteiger partial charge in [0.15, 0.2) is 5.82 Å². The molecule has 3 atom stereocenters. The minimum Gasteiger partial charge on any atom is -0.346 e. The summed E-state index contributed by atoms with van der Waals surface area (Å²) in [6.07, 6.45) is 5.92. The van der Waals surface area contributed by atoms with Gasteiger partial charge in [0.05, 0.1) is 6.04 Å². The third kappa shape index (κ3) is 5.56. The first-order valence-corrected chi connectivity index (χ1v) is 9.11. The summed E-state index contributed by atoms with van der Waals surface area (Å²) in [5, 5.41) is 11.1. The lowest BCUT2D eigenvalue weighted by Crippen LogP contribution is -2.37. The van der Waals surface area contributed by atoms with Gasteiger partial charge in [0.25, 0.3) is 0 Å². The molecule has 3 rings (SSSR count). The van der Waals surface area contributed by atoms with E-state index in [1.54, 1.807) is 0 Å². The fourth-order valence-corrected chi connectivity index (χ4v) is 3.76. The van der Waals surface area contributed by atoms with Gasteiger partial charge in [-0.2, -0.15) is 5.10 Å². The number of nitrogens with one attached hydrogen (secondary N) is 2. The van der Waals surface area contributed by atoms with Crippen LogP contribution in [-0.4, -0.2) is 33.8 Å². The third-order valence-electron chi connectivity index (χ3n) is 5.22. The van der Waals surface area contributed by atoms with Gasteiger partial charge in [-0.15, -0.1) is 24.8 Å². The van der Waals surface area contributed by atoms with Gasteiger partial charge in [-0.1, -0.05) is 13.8 Å². The molecule has 2 aliphatic heterocycles. The van der Waals surface area contributed by atoms with Gasteiger partial charge in [-0.25, -0.2) is 9.67 Å². The molecule has 2 aliphatic rings. The van der Waals surface area contributed by atoms with Gasteiger partial charge in [-0.05, 0) is 50.6 Å². The SMILES string of the molecule is CCc1nc2n(n1)CCCC2NC(=O)CC(C)C1CCCNC1.Cl.Cl. The highest BCUT2D eigenvalue weighted by Crippen LogP contribution is 2.25. The lowest BCUT2D eigenvalue weighted by Gasteiger charge is -2.29. The Morgan fingerprint density at radius 1 is 1.36 bits per heavy atom. The van der Waals surface area contributed by atoms with Crippen molar-refractivity contribution in [3.8, 4) is 0 Å². The number of rotatable bonds is 5. The summed E-state index contributed by atoms with van der Waals surface area (Å²) < 4.78 is 1.97. The second-order valence-corrected chi connectivity index (χ2v) is 7.01. The predicted molar refractivity (Wildman–Crippen MR) is 103 cm³/mol. The smallest absolute Gasteiger partial charge is 0.220 e. The molecule has 1 aromatic rings. The van der Waals surface area contributed by atoms with Crippen molar-refractivity contribution in [3.63, 3.8) is 0 Å². The van der Waals surface area contributed by atoms with Crippen LogP contribution in [0.4, 0.5) is 0 Å². The molecule has 3 heterocycles. The van der Waals surface area contributed by atoms with Gasteiger partial charge in [0.2, 0.25) is 5.91 Å². The molecule has 6 nitrogen and oxygen atoms in total. The highest BCUT2D eigenvalue weighted by molar-refractivity contribution is 5.85. The number of amides is 1. The van der Waals surface area contributed by atoms with Crippen LogP contribution in [0.1, 0.15) is 63.6 Å². The van der Waals surface area contributed by atoms with Gasteiger partial charge in [0.1, 0.15) is 5.82 Å². The average molecular weight is 392 g/mol. The predicted octanol–water partition coefficient (Wildman–Crippen LogP) is 2.66. The molecule has 0 aliphatic carbocycles. The number of halogens is 2. The summed E-state index contributed by atoms with van der Waals surface area (Å²) in [5.41, 5.74) is 0. The van der Waals surface area contributed by atoms with E-state index in [2.05, 4.69) is 34.6 Å². The Bertz CT molecular complexity index is 545. The zero-order chi connectivity index (χ0) is 16.2. The minimum absolute atomic E-state index is 0. The number of fused-ring (bicyclic) bond motifs is 1. The van der Waals surface area contributed by atoms with E-state index in [9.17, 15) is 4.79 Å². The number of carbonyl (C=O) groups excluding carboxylic acids is 1. The molecule has 1 amide bonds. The number of piperidine rings is 1. The summed E-state index contributed by atoms with van der Waals surface area (Å²) in [6.45, 7) is 7.35. The standard InChI is InChI=1S/C17H29N5O.2ClH/c1-3-15-20-17-14(7-5-9-22(17)21-15)19-16(23)10-12(2)13-6-4-8-18-11-13;;/h12-14,18H,3-11H2,1-2H3,(H,19,23);2*1H. The fraction of sp³-hybridized carbons (Fsp3) is 0.824. The Morgan fingerprint density at radius 3 is 2.84 bits per heavy atom. The molecule has 0 aromatic carbocycles. The first-order chi connectivity index (χ1) is 11.2. The normalized spacial score (nSPS) is 23.6.